The van der Waals surface area contributed by atoms with E-state index >= 15 is 0 Å². The summed E-state index contributed by atoms with van der Waals surface area (Å²) >= 11 is 1.68. The molecule has 7 heteroatoms. The smallest absolute Gasteiger partial charge is 0.121 e. The van der Waals surface area contributed by atoms with Crippen molar-refractivity contribution in [2.24, 2.45) is 0 Å². The van der Waals surface area contributed by atoms with E-state index < -0.39 is 6.10 Å². The number of thiazole rings is 1. The Morgan fingerprint density at radius 3 is 2.95 bits per heavy atom. The molecule has 2 N–H and O–H groups in total. The number of β-amino-alcohol motifs (C(OH)–C–C–N with tert-alkyl or cyclic N) is 1. The number of aliphatic hydroxyl groups excluding tert-OH is 1. The van der Waals surface area contributed by atoms with Crippen molar-refractivity contribution in [1.29, 1.82) is 0 Å². The van der Waals surface area contributed by atoms with Gasteiger partial charge in [0, 0.05) is 38.8 Å². The van der Waals surface area contributed by atoms with Gasteiger partial charge in [0.05, 0.1) is 15.2 Å². The van der Waals surface area contributed by atoms with Crippen LogP contribution >= 0.6 is 23.7 Å². The lowest BCUT2D eigenvalue weighted by atomic mass is 10.3. The van der Waals surface area contributed by atoms with E-state index in [4.69, 9.17) is 4.74 Å². The number of nitrogens with zero attached hydrogens (tertiary/aromatic N) is 2. The van der Waals surface area contributed by atoms with E-state index in [1.807, 2.05) is 25.1 Å². The van der Waals surface area contributed by atoms with Crippen LogP contribution in [-0.4, -0.2) is 60.4 Å². The van der Waals surface area contributed by atoms with Crippen LogP contribution in [0.5, 0.6) is 5.75 Å². The number of benzene rings is 1. The van der Waals surface area contributed by atoms with Crippen LogP contribution in [0.1, 0.15) is 5.01 Å². The molecule has 0 aliphatic carbocycles. The Hall–Kier alpha value is -0.920. The first-order valence-electron chi connectivity index (χ1n) is 7.32. The van der Waals surface area contributed by atoms with Gasteiger partial charge in [-0.3, -0.25) is 4.90 Å². The molecule has 2 heterocycles. The summed E-state index contributed by atoms with van der Waals surface area (Å²) < 4.78 is 6.87. The number of fused-ring (bicyclic) bond motifs is 1. The molecule has 0 bridgehead atoms. The molecule has 2 aromatic rings. The maximum absolute atomic E-state index is 10.1. The van der Waals surface area contributed by atoms with Crippen LogP contribution in [0, 0.1) is 6.92 Å². The summed E-state index contributed by atoms with van der Waals surface area (Å²) in [5.74, 6) is 0.771. The number of aromatic nitrogens is 1. The van der Waals surface area contributed by atoms with Gasteiger partial charge in [0.1, 0.15) is 18.5 Å². The Bertz CT molecular complexity index is 601. The van der Waals surface area contributed by atoms with E-state index in [0.29, 0.717) is 13.2 Å². The van der Waals surface area contributed by atoms with E-state index in [1.54, 1.807) is 11.3 Å². The van der Waals surface area contributed by atoms with Gasteiger partial charge in [-0.2, -0.15) is 0 Å². The highest BCUT2D eigenvalue weighted by Gasteiger charge is 2.14. The number of hydrogen-bond donors (Lipinski definition) is 2. The van der Waals surface area contributed by atoms with E-state index in [0.717, 1.165) is 42.5 Å². The third-order valence-corrected chi connectivity index (χ3v) is 4.54. The zero-order valence-electron chi connectivity index (χ0n) is 12.6. The number of piperazine rings is 1. The highest BCUT2D eigenvalue weighted by molar-refractivity contribution is 7.18. The number of ether oxygens (including phenoxy) is 1. The van der Waals surface area contributed by atoms with Crippen LogP contribution in [0.15, 0.2) is 18.2 Å². The second kappa shape index (κ2) is 8.08. The molecule has 3 rings (SSSR count). The van der Waals surface area contributed by atoms with Gasteiger partial charge in [0.2, 0.25) is 0 Å². The van der Waals surface area contributed by atoms with E-state index in [1.165, 1.54) is 4.70 Å². The number of rotatable bonds is 5. The first kappa shape index (κ1) is 17.4. The molecule has 1 aliphatic heterocycles. The third kappa shape index (κ3) is 4.54. The zero-order valence-corrected chi connectivity index (χ0v) is 14.3. The summed E-state index contributed by atoms with van der Waals surface area (Å²) in [4.78, 5) is 6.72. The predicted molar refractivity (Wildman–Crippen MR) is 92.4 cm³/mol. The van der Waals surface area contributed by atoms with E-state index in [2.05, 4.69) is 15.2 Å². The summed E-state index contributed by atoms with van der Waals surface area (Å²) in [6, 6.07) is 5.91. The fraction of sp³-hybridized carbons (Fsp3) is 0.533. The van der Waals surface area contributed by atoms with Crippen molar-refractivity contribution in [3.63, 3.8) is 0 Å². The Morgan fingerprint density at radius 1 is 1.41 bits per heavy atom. The fourth-order valence-electron chi connectivity index (χ4n) is 2.55. The number of aliphatic hydroxyl groups is 1. The maximum Gasteiger partial charge on any atom is 0.121 e. The molecular formula is C15H22ClN3O2S. The lowest BCUT2D eigenvalue weighted by Crippen LogP contribution is -2.47. The molecule has 1 aromatic carbocycles. The van der Waals surface area contributed by atoms with Gasteiger partial charge in [-0.1, -0.05) is 0 Å². The van der Waals surface area contributed by atoms with Crippen LogP contribution < -0.4 is 10.1 Å². The largest absolute Gasteiger partial charge is 0.491 e. The van der Waals surface area contributed by atoms with Crippen LogP contribution in [0.2, 0.25) is 0 Å². The standard InChI is InChI=1S/C15H21N3O2S.ClH/c1-11-17-14-8-13(2-3-15(14)21-11)20-10-12(19)9-18-6-4-16-5-7-18;/h2-3,8,12,16,19H,4-7,9-10H2,1H3;1H. The summed E-state index contributed by atoms with van der Waals surface area (Å²) in [6.07, 6.45) is -0.462. The van der Waals surface area contributed by atoms with Gasteiger partial charge < -0.3 is 15.2 Å². The summed E-state index contributed by atoms with van der Waals surface area (Å²) in [6.45, 7) is 6.95. The fourth-order valence-corrected chi connectivity index (χ4v) is 3.36. The molecule has 0 radical (unpaired) electrons. The molecule has 1 saturated heterocycles. The quantitative estimate of drug-likeness (QED) is 0.865. The molecule has 5 nitrogen and oxygen atoms in total. The molecule has 1 fully saturated rings. The van der Waals surface area contributed by atoms with Crippen LogP contribution in [0.4, 0.5) is 0 Å². The van der Waals surface area contributed by atoms with Gasteiger partial charge in [-0.25, -0.2) is 4.98 Å². The zero-order chi connectivity index (χ0) is 14.7. The van der Waals surface area contributed by atoms with E-state index in [-0.39, 0.29) is 12.4 Å². The molecule has 0 saturated carbocycles. The van der Waals surface area contributed by atoms with Crippen LogP contribution in [0.25, 0.3) is 10.2 Å². The van der Waals surface area contributed by atoms with Crippen molar-refractivity contribution in [2.75, 3.05) is 39.3 Å². The number of nitrogens with one attached hydrogen (secondary N) is 1. The predicted octanol–water partition coefficient (Wildman–Crippen LogP) is 1.67. The number of aryl methyl sites for hydroxylation is 1. The molecule has 1 aliphatic rings. The maximum atomic E-state index is 10.1. The molecule has 1 unspecified atom stereocenters. The first-order chi connectivity index (χ1) is 10.2. The van der Waals surface area contributed by atoms with Gasteiger partial charge in [-0.05, 0) is 19.1 Å². The summed E-state index contributed by atoms with van der Waals surface area (Å²) in [5.41, 5.74) is 0.964. The minimum atomic E-state index is -0.462. The van der Waals surface area contributed by atoms with Gasteiger partial charge in [-0.15, -0.1) is 23.7 Å². The number of hydrogen-bond acceptors (Lipinski definition) is 6. The molecule has 122 valence electrons. The van der Waals surface area contributed by atoms with Crippen LogP contribution in [-0.2, 0) is 0 Å². The molecular weight excluding hydrogens is 322 g/mol. The van der Waals surface area contributed by atoms with Crippen molar-refractivity contribution < 1.29 is 9.84 Å². The van der Waals surface area contributed by atoms with Crippen molar-refractivity contribution in [3.8, 4) is 5.75 Å². The number of halogens is 1. The second-order valence-electron chi connectivity index (χ2n) is 5.38. The first-order valence-corrected chi connectivity index (χ1v) is 8.13. The molecule has 1 atom stereocenters. The molecule has 0 spiro atoms. The Labute approximate surface area is 140 Å². The molecule has 0 amide bonds. The van der Waals surface area contributed by atoms with Crippen molar-refractivity contribution in [1.82, 2.24) is 15.2 Å². The van der Waals surface area contributed by atoms with Gasteiger partial charge >= 0.3 is 0 Å². The van der Waals surface area contributed by atoms with Gasteiger partial charge in [0.25, 0.3) is 0 Å². The lowest BCUT2D eigenvalue weighted by Gasteiger charge is -2.28. The monoisotopic (exact) mass is 343 g/mol. The Kier molecular flexibility index (Phi) is 6.40. The lowest BCUT2D eigenvalue weighted by molar-refractivity contribution is 0.0642. The normalized spacial score (nSPS) is 17.2. The van der Waals surface area contributed by atoms with Crippen molar-refractivity contribution in [3.05, 3.63) is 23.2 Å². The Balaban J connectivity index is 0.00000176. The second-order valence-corrected chi connectivity index (χ2v) is 6.61. The SMILES string of the molecule is Cc1nc2cc(OCC(O)CN3CCNCC3)ccc2s1.Cl. The van der Waals surface area contributed by atoms with Crippen molar-refractivity contribution in [2.45, 2.75) is 13.0 Å². The Morgan fingerprint density at radius 2 is 2.18 bits per heavy atom. The highest BCUT2D eigenvalue weighted by Crippen LogP contribution is 2.25. The van der Waals surface area contributed by atoms with E-state index in [9.17, 15) is 5.11 Å². The molecule has 1 aromatic heterocycles. The third-order valence-electron chi connectivity index (χ3n) is 3.59. The summed E-state index contributed by atoms with van der Waals surface area (Å²) in [5, 5.41) is 14.4. The molecule has 22 heavy (non-hydrogen) atoms. The highest BCUT2D eigenvalue weighted by atomic mass is 35.5. The minimum absolute atomic E-state index is 0. The summed E-state index contributed by atoms with van der Waals surface area (Å²) in [7, 11) is 0. The minimum Gasteiger partial charge on any atom is -0.491 e. The average Bonchev–Trinajstić information content (AvgIpc) is 2.85. The average molecular weight is 344 g/mol. The van der Waals surface area contributed by atoms with Gasteiger partial charge in [0.15, 0.2) is 0 Å². The van der Waals surface area contributed by atoms with Crippen molar-refractivity contribution >= 4 is 34.0 Å². The topological polar surface area (TPSA) is 57.6 Å². The van der Waals surface area contributed by atoms with Crippen LogP contribution in [0.3, 0.4) is 0 Å².